The van der Waals surface area contributed by atoms with Crippen molar-refractivity contribution < 1.29 is 0 Å². The summed E-state index contributed by atoms with van der Waals surface area (Å²) in [5.74, 6) is 0. The molecule has 0 saturated carbocycles. The number of hydrogen-bond donors (Lipinski definition) is 0. The average molecular weight is 280 g/mol. The second-order valence-corrected chi connectivity index (χ2v) is 11.9. The second kappa shape index (κ2) is 6.23. The Morgan fingerprint density at radius 3 is 2.00 bits per heavy atom. The van der Waals surface area contributed by atoms with Crippen molar-refractivity contribution in [1.29, 1.82) is 0 Å². The van der Waals surface area contributed by atoms with Crippen molar-refractivity contribution in [3.63, 3.8) is 0 Å². The van der Waals surface area contributed by atoms with Gasteiger partial charge in [-0.25, -0.2) is 0 Å². The van der Waals surface area contributed by atoms with E-state index in [9.17, 15) is 0 Å². The van der Waals surface area contributed by atoms with Crippen LogP contribution < -0.4 is 0 Å². The van der Waals surface area contributed by atoms with E-state index in [1.807, 2.05) is 0 Å². The maximum Gasteiger partial charge on any atom is 0.0565 e. The van der Waals surface area contributed by atoms with E-state index in [0.29, 0.717) is 5.54 Å². The van der Waals surface area contributed by atoms with Crippen molar-refractivity contribution in [3.05, 3.63) is 77.4 Å². The Balaban J connectivity index is 2.27. The van der Waals surface area contributed by atoms with Gasteiger partial charge in [-0.15, -0.1) is 0 Å². The molecule has 0 spiro atoms. The molecular formula is C19H24Si. The third-order valence-corrected chi connectivity index (χ3v) is 6.04. The lowest BCUT2D eigenvalue weighted by Crippen LogP contribution is -2.29. The summed E-state index contributed by atoms with van der Waals surface area (Å²) >= 11 is 0. The summed E-state index contributed by atoms with van der Waals surface area (Å²) in [5.41, 5.74) is 4.60. The Labute approximate surface area is 124 Å². The van der Waals surface area contributed by atoms with Gasteiger partial charge in [0.15, 0.2) is 0 Å². The molecule has 0 nitrogen and oxygen atoms in total. The van der Waals surface area contributed by atoms with Crippen LogP contribution in [0.25, 0.3) is 6.08 Å². The van der Waals surface area contributed by atoms with Crippen LogP contribution in [0.4, 0.5) is 0 Å². The first-order valence-corrected chi connectivity index (χ1v) is 10.8. The van der Waals surface area contributed by atoms with Gasteiger partial charge < -0.3 is 0 Å². The van der Waals surface area contributed by atoms with Gasteiger partial charge in [-0.05, 0) is 23.6 Å². The van der Waals surface area contributed by atoms with E-state index in [0.717, 1.165) is 0 Å². The van der Waals surface area contributed by atoms with Crippen LogP contribution in [-0.2, 0) is 0 Å². The summed E-state index contributed by atoms with van der Waals surface area (Å²) in [5, 5.41) is 0. The quantitative estimate of drug-likeness (QED) is 0.633. The molecule has 0 amide bonds. The maximum absolute atomic E-state index is 2.43. The fourth-order valence-corrected chi connectivity index (χ4v) is 4.31. The predicted molar refractivity (Wildman–Crippen MR) is 92.7 cm³/mol. The predicted octanol–water partition coefficient (Wildman–Crippen LogP) is 5.67. The van der Waals surface area contributed by atoms with Crippen LogP contribution >= 0.6 is 0 Å². The summed E-state index contributed by atoms with van der Waals surface area (Å²) in [4.78, 5) is 0. The molecule has 2 aromatic carbocycles. The molecule has 0 unspecified atom stereocenters. The van der Waals surface area contributed by atoms with E-state index in [4.69, 9.17) is 0 Å². The minimum atomic E-state index is -1.28. The van der Waals surface area contributed by atoms with Crippen LogP contribution in [0.1, 0.15) is 22.2 Å². The van der Waals surface area contributed by atoms with E-state index in [1.165, 1.54) is 16.7 Å². The Morgan fingerprint density at radius 1 is 0.850 bits per heavy atom. The maximum atomic E-state index is 2.43. The zero-order chi connectivity index (χ0) is 14.6. The molecule has 0 aliphatic heterocycles. The highest BCUT2D eigenvalue weighted by atomic mass is 28.3. The van der Waals surface area contributed by atoms with Gasteiger partial charge in [-0.2, -0.15) is 0 Å². The molecule has 1 atom stereocenters. The number of rotatable bonds is 4. The highest BCUT2D eigenvalue weighted by molar-refractivity contribution is 6.78. The standard InChI is InChI=1S/C19H24Si/c1-16-10-12-17(13-11-16)14-15-19(20(2,3)4)18-8-6-5-7-9-18/h5-15,19H,1-4H3/b15-14+/t19-/m0/s1. The molecule has 0 fully saturated rings. The Morgan fingerprint density at radius 2 is 1.45 bits per heavy atom. The molecule has 2 rings (SSSR count). The molecule has 0 aromatic heterocycles. The fraction of sp³-hybridized carbons (Fsp3) is 0.263. The fourth-order valence-electron chi connectivity index (χ4n) is 2.45. The molecular weight excluding hydrogens is 256 g/mol. The number of aryl methyl sites for hydroxylation is 1. The Hall–Kier alpha value is -1.60. The largest absolute Gasteiger partial charge is 0.0792 e. The average Bonchev–Trinajstić information content (AvgIpc) is 2.41. The molecule has 0 aliphatic carbocycles. The van der Waals surface area contributed by atoms with Gasteiger partial charge in [0, 0.05) is 0 Å². The first-order valence-electron chi connectivity index (χ1n) is 7.26. The first kappa shape index (κ1) is 14.8. The number of allylic oxidation sites excluding steroid dienone is 1. The summed E-state index contributed by atoms with van der Waals surface area (Å²) in [6.45, 7) is 9.43. The highest BCUT2D eigenvalue weighted by Gasteiger charge is 2.25. The molecule has 0 saturated heterocycles. The monoisotopic (exact) mass is 280 g/mol. The summed E-state index contributed by atoms with van der Waals surface area (Å²) < 4.78 is 0. The normalized spacial score (nSPS) is 13.6. The third-order valence-electron chi connectivity index (χ3n) is 3.65. The van der Waals surface area contributed by atoms with E-state index in [-0.39, 0.29) is 0 Å². The van der Waals surface area contributed by atoms with E-state index < -0.39 is 8.07 Å². The van der Waals surface area contributed by atoms with Gasteiger partial charge in [0.1, 0.15) is 0 Å². The molecule has 0 radical (unpaired) electrons. The molecule has 1 heteroatoms. The van der Waals surface area contributed by atoms with Gasteiger partial charge in [0.25, 0.3) is 0 Å². The Bertz CT molecular complexity index is 559. The van der Waals surface area contributed by atoms with Crippen molar-refractivity contribution in [2.45, 2.75) is 32.1 Å². The van der Waals surface area contributed by atoms with Crippen molar-refractivity contribution in [2.75, 3.05) is 0 Å². The number of hydrogen-bond acceptors (Lipinski definition) is 0. The van der Waals surface area contributed by atoms with E-state index in [1.54, 1.807) is 0 Å². The van der Waals surface area contributed by atoms with Crippen LogP contribution in [0, 0.1) is 6.92 Å². The zero-order valence-electron chi connectivity index (χ0n) is 12.9. The topological polar surface area (TPSA) is 0 Å². The van der Waals surface area contributed by atoms with E-state index in [2.05, 4.69) is 93.3 Å². The van der Waals surface area contributed by atoms with Crippen LogP contribution in [0.2, 0.25) is 19.6 Å². The Kier molecular flexibility index (Phi) is 4.61. The molecule has 0 aliphatic rings. The minimum Gasteiger partial charge on any atom is -0.0792 e. The molecule has 0 bridgehead atoms. The smallest absolute Gasteiger partial charge is 0.0565 e. The lowest BCUT2D eigenvalue weighted by Gasteiger charge is -2.26. The highest BCUT2D eigenvalue weighted by Crippen LogP contribution is 2.29. The lowest BCUT2D eigenvalue weighted by atomic mass is 10.1. The van der Waals surface area contributed by atoms with Gasteiger partial charge in [0.2, 0.25) is 0 Å². The van der Waals surface area contributed by atoms with Crippen LogP contribution in [0.15, 0.2) is 60.7 Å². The van der Waals surface area contributed by atoms with E-state index >= 15 is 0 Å². The van der Waals surface area contributed by atoms with Crippen molar-refractivity contribution in [3.8, 4) is 0 Å². The van der Waals surface area contributed by atoms with Crippen molar-refractivity contribution >= 4 is 14.1 Å². The summed E-state index contributed by atoms with van der Waals surface area (Å²) in [7, 11) is -1.28. The molecule has 104 valence electrons. The first-order chi connectivity index (χ1) is 9.47. The third kappa shape index (κ3) is 3.94. The van der Waals surface area contributed by atoms with Gasteiger partial charge in [-0.1, -0.05) is 92.0 Å². The molecule has 20 heavy (non-hydrogen) atoms. The van der Waals surface area contributed by atoms with Crippen molar-refractivity contribution in [2.24, 2.45) is 0 Å². The van der Waals surface area contributed by atoms with Crippen LogP contribution in [0.3, 0.4) is 0 Å². The van der Waals surface area contributed by atoms with Crippen LogP contribution in [-0.4, -0.2) is 8.07 Å². The van der Waals surface area contributed by atoms with Gasteiger partial charge in [0.05, 0.1) is 8.07 Å². The number of benzene rings is 2. The SMILES string of the molecule is Cc1ccc(/C=C/[C@@H](c2ccccc2)[Si](C)(C)C)cc1. The zero-order valence-corrected chi connectivity index (χ0v) is 13.9. The molecule has 0 heterocycles. The van der Waals surface area contributed by atoms with Gasteiger partial charge >= 0.3 is 0 Å². The van der Waals surface area contributed by atoms with Gasteiger partial charge in [-0.3, -0.25) is 0 Å². The minimum absolute atomic E-state index is 0.560. The summed E-state index contributed by atoms with van der Waals surface area (Å²) in [6, 6.07) is 19.6. The van der Waals surface area contributed by atoms with Crippen molar-refractivity contribution in [1.82, 2.24) is 0 Å². The molecule has 2 aromatic rings. The summed E-state index contributed by atoms with van der Waals surface area (Å²) in [6.07, 6.45) is 4.67. The lowest BCUT2D eigenvalue weighted by molar-refractivity contribution is 1.14. The van der Waals surface area contributed by atoms with Crippen LogP contribution in [0.5, 0.6) is 0 Å². The second-order valence-electron chi connectivity index (χ2n) is 6.52. The molecule has 0 N–H and O–H groups in total.